The Bertz CT molecular complexity index is 325. The molecule has 0 fully saturated rings. The number of aliphatic carboxylic acids is 1. The quantitative estimate of drug-likeness (QED) is 0.769. The molecule has 0 radical (unpaired) electrons. The Kier molecular flexibility index (Phi) is 7.80. The van der Waals surface area contributed by atoms with Gasteiger partial charge in [0.1, 0.15) is 0 Å². The van der Waals surface area contributed by atoms with Crippen molar-refractivity contribution in [3.63, 3.8) is 0 Å². The van der Waals surface area contributed by atoms with Crippen molar-refractivity contribution in [3.8, 4) is 11.8 Å². The summed E-state index contributed by atoms with van der Waals surface area (Å²) in [5.74, 6) is 4.62. The van der Waals surface area contributed by atoms with Gasteiger partial charge < -0.3 is 5.11 Å². The predicted octanol–water partition coefficient (Wildman–Crippen LogP) is 2.73. The highest BCUT2D eigenvalue weighted by atomic mass is 16.4. The number of rotatable bonds is 3. The average molecular weight is 204 g/mol. The second kappa shape index (κ2) is 8.83. The molecule has 0 bridgehead atoms. The Balaban J connectivity index is 0.000000423. The number of carbonyl (C=O) groups is 1. The van der Waals surface area contributed by atoms with Gasteiger partial charge >= 0.3 is 5.97 Å². The molecule has 0 aliphatic heterocycles. The summed E-state index contributed by atoms with van der Waals surface area (Å²) in [5.41, 5.74) is 1.08. The van der Waals surface area contributed by atoms with Crippen molar-refractivity contribution in [2.75, 3.05) is 0 Å². The maximum atomic E-state index is 10.2. The monoisotopic (exact) mass is 204 g/mol. The van der Waals surface area contributed by atoms with Gasteiger partial charge in [0.2, 0.25) is 0 Å². The molecular weight excluding hydrogens is 188 g/mol. The van der Waals surface area contributed by atoms with Gasteiger partial charge in [0.25, 0.3) is 0 Å². The highest BCUT2D eigenvalue weighted by Gasteiger charge is 1.96. The molecule has 2 nitrogen and oxygen atoms in total. The molecule has 1 aromatic rings. The van der Waals surface area contributed by atoms with Crippen LogP contribution < -0.4 is 0 Å². The summed E-state index contributed by atoms with van der Waals surface area (Å²) in [6.07, 6.45) is 0.834. The fourth-order valence-electron chi connectivity index (χ4n) is 0.896. The normalized spacial score (nSPS) is 7.87. The predicted molar refractivity (Wildman–Crippen MR) is 61.5 cm³/mol. The molecule has 0 heterocycles. The van der Waals surface area contributed by atoms with Gasteiger partial charge in [-0.1, -0.05) is 30.3 Å². The molecule has 80 valence electrons. The van der Waals surface area contributed by atoms with Crippen LogP contribution in [0.2, 0.25) is 0 Å². The van der Waals surface area contributed by atoms with Gasteiger partial charge in [-0.15, -0.1) is 11.8 Å². The molecule has 0 aliphatic rings. The van der Waals surface area contributed by atoms with Crippen LogP contribution in [-0.4, -0.2) is 11.1 Å². The third-order valence-electron chi connectivity index (χ3n) is 1.72. The van der Waals surface area contributed by atoms with Gasteiger partial charge in [0.05, 0.1) is 0 Å². The van der Waals surface area contributed by atoms with Crippen molar-refractivity contribution in [3.05, 3.63) is 35.9 Å². The molecule has 0 unspecified atom stereocenters. The van der Waals surface area contributed by atoms with Crippen molar-refractivity contribution in [2.24, 2.45) is 0 Å². The van der Waals surface area contributed by atoms with Crippen molar-refractivity contribution in [1.29, 1.82) is 0 Å². The van der Waals surface area contributed by atoms with Crippen LogP contribution in [0.15, 0.2) is 30.3 Å². The van der Waals surface area contributed by atoms with E-state index in [-0.39, 0.29) is 6.42 Å². The summed E-state index contributed by atoms with van der Waals surface area (Å²) >= 11 is 0. The Hall–Kier alpha value is -1.75. The highest BCUT2D eigenvalue weighted by Crippen LogP contribution is 2.01. The summed E-state index contributed by atoms with van der Waals surface area (Å²) in [5, 5.41) is 8.37. The molecule has 2 heteroatoms. The molecule has 0 amide bonds. The van der Waals surface area contributed by atoms with Gasteiger partial charge in [0.15, 0.2) is 0 Å². The first-order valence-electron chi connectivity index (χ1n) is 4.80. The fraction of sp³-hybridized carbons (Fsp3) is 0.308. The molecule has 1 N–H and O–H groups in total. The molecule has 0 aliphatic carbocycles. The molecule has 0 atom stereocenters. The Labute approximate surface area is 90.9 Å². The van der Waals surface area contributed by atoms with Crippen molar-refractivity contribution in [1.82, 2.24) is 0 Å². The van der Waals surface area contributed by atoms with Gasteiger partial charge in [-0.25, -0.2) is 0 Å². The Morgan fingerprint density at radius 2 is 1.73 bits per heavy atom. The zero-order valence-electron chi connectivity index (χ0n) is 9.16. The van der Waals surface area contributed by atoms with Crippen LogP contribution in [-0.2, 0) is 11.2 Å². The Morgan fingerprint density at radius 1 is 1.20 bits per heavy atom. The van der Waals surface area contributed by atoms with Gasteiger partial charge in [0, 0.05) is 6.42 Å². The minimum Gasteiger partial charge on any atom is -0.481 e. The van der Waals surface area contributed by atoms with Gasteiger partial charge in [-0.2, -0.15) is 0 Å². The molecule has 0 spiro atoms. The van der Waals surface area contributed by atoms with E-state index in [1.165, 1.54) is 0 Å². The van der Waals surface area contributed by atoms with Crippen LogP contribution in [0.4, 0.5) is 0 Å². The third kappa shape index (κ3) is 8.58. The first-order chi connectivity index (χ1) is 7.20. The first kappa shape index (κ1) is 13.2. The van der Waals surface area contributed by atoms with Crippen molar-refractivity contribution >= 4 is 5.97 Å². The smallest absolute Gasteiger partial charge is 0.303 e. The number of aryl methyl sites for hydroxylation is 1. The van der Waals surface area contributed by atoms with Crippen LogP contribution in [0, 0.1) is 11.8 Å². The average Bonchev–Trinajstić information content (AvgIpc) is 2.28. The van der Waals surface area contributed by atoms with Crippen LogP contribution in [0.25, 0.3) is 0 Å². The van der Waals surface area contributed by atoms with E-state index in [2.05, 4.69) is 11.8 Å². The molecule has 15 heavy (non-hydrogen) atoms. The van der Waals surface area contributed by atoms with Crippen LogP contribution >= 0.6 is 0 Å². The van der Waals surface area contributed by atoms with E-state index in [9.17, 15) is 4.79 Å². The lowest BCUT2D eigenvalue weighted by molar-refractivity contribution is -0.136. The second-order valence-electron chi connectivity index (χ2n) is 2.88. The molecule has 1 rings (SSSR count). The number of hydrogen-bond acceptors (Lipinski definition) is 1. The Morgan fingerprint density at radius 3 is 2.13 bits per heavy atom. The second-order valence-corrected chi connectivity index (χ2v) is 2.88. The van der Waals surface area contributed by atoms with Crippen LogP contribution in [0.5, 0.6) is 0 Å². The lowest BCUT2D eigenvalue weighted by Crippen LogP contribution is -1.96. The molecule has 1 aromatic carbocycles. The van der Waals surface area contributed by atoms with E-state index in [0.717, 1.165) is 5.56 Å². The number of carboxylic acid groups (broad SMARTS) is 1. The van der Waals surface area contributed by atoms with E-state index >= 15 is 0 Å². The number of hydrogen-bond donors (Lipinski definition) is 1. The third-order valence-corrected chi connectivity index (χ3v) is 1.72. The molecule has 0 aromatic heterocycles. The van der Waals surface area contributed by atoms with Crippen molar-refractivity contribution in [2.45, 2.75) is 26.7 Å². The SMILES string of the molecule is CC#CC.O=C(O)CCc1ccccc1. The first-order valence-corrected chi connectivity index (χ1v) is 4.80. The summed E-state index contributed by atoms with van der Waals surface area (Å²) < 4.78 is 0. The fourth-order valence-corrected chi connectivity index (χ4v) is 0.896. The van der Waals surface area contributed by atoms with Crippen molar-refractivity contribution < 1.29 is 9.90 Å². The largest absolute Gasteiger partial charge is 0.481 e. The lowest BCUT2D eigenvalue weighted by Gasteiger charge is -1.95. The van der Waals surface area contributed by atoms with E-state index in [0.29, 0.717) is 6.42 Å². The summed E-state index contributed by atoms with van der Waals surface area (Å²) in [6, 6.07) is 9.62. The lowest BCUT2D eigenvalue weighted by atomic mass is 10.1. The highest BCUT2D eigenvalue weighted by molar-refractivity contribution is 5.67. The zero-order chi connectivity index (χ0) is 11.5. The minimum absolute atomic E-state index is 0.212. The van der Waals surface area contributed by atoms with E-state index in [1.807, 2.05) is 44.2 Å². The van der Waals surface area contributed by atoms with E-state index in [1.54, 1.807) is 0 Å². The number of carboxylic acids is 1. The summed E-state index contributed by atoms with van der Waals surface area (Å²) in [7, 11) is 0. The minimum atomic E-state index is -0.742. The topological polar surface area (TPSA) is 37.3 Å². The van der Waals surface area contributed by atoms with Crippen LogP contribution in [0.1, 0.15) is 25.8 Å². The summed E-state index contributed by atoms with van der Waals surface area (Å²) in [4.78, 5) is 10.2. The molecular formula is C13H16O2. The van der Waals surface area contributed by atoms with E-state index in [4.69, 9.17) is 5.11 Å². The van der Waals surface area contributed by atoms with Gasteiger partial charge in [-0.3, -0.25) is 4.79 Å². The molecule has 0 saturated carbocycles. The maximum Gasteiger partial charge on any atom is 0.303 e. The maximum absolute atomic E-state index is 10.2. The number of benzene rings is 1. The summed E-state index contributed by atoms with van der Waals surface area (Å²) in [6.45, 7) is 3.64. The van der Waals surface area contributed by atoms with E-state index < -0.39 is 5.97 Å². The molecule has 0 saturated heterocycles. The van der Waals surface area contributed by atoms with Crippen LogP contribution in [0.3, 0.4) is 0 Å². The standard InChI is InChI=1S/C9H10O2.C4H6/c10-9(11)7-6-8-4-2-1-3-5-8;1-3-4-2/h1-5H,6-7H2,(H,10,11);1-2H3. The van der Waals surface area contributed by atoms with Gasteiger partial charge in [-0.05, 0) is 25.8 Å². The zero-order valence-corrected chi connectivity index (χ0v) is 9.16.